The van der Waals surface area contributed by atoms with Crippen molar-refractivity contribution in [2.24, 2.45) is 0 Å². The lowest BCUT2D eigenvalue weighted by Crippen LogP contribution is -2.34. The van der Waals surface area contributed by atoms with Crippen LogP contribution in [0.5, 0.6) is 0 Å². The third kappa shape index (κ3) is 4.96. The summed E-state index contributed by atoms with van der Waals surface area (Å²) in [6, 6.07) is 7.33. The number of rotatable bonds is 7. The molecule has 0 saturated carbocycles. The highest BCUT2D eigenvalue weighted by atomic mass is 32.2. The second kappa shape index (κ2) is 7.56. The van der Waals surface area contributed by atoms with Crippen LogP contribution in [-0.2, 0) is 0 Å². The summed E-state index contributed by atoms with van der Waals surface area (Å²) >= 11 is 1.85. The zero-order valence-electron chi connectivity index (χ0n) is 10.7. The Morgan fingerprint density at radius 1 is 1.41 bits per heavy atom. The number of nitrogens with one attached hydrogen (secondary N) is 1. The summed E-state index contributed by atoms with van der Waals surface area (Å²) in [4.78, 5) is 2.28. The van der Waals surface area contributed by atoms with Crippen molar-refractivity contribution < 1.29 is 4.39 Å². The Balaban J connectivity index is 2.30. The molecule has 0 spiro atoms. The van der Waals surface area contributed by atoms with E-state index in [9.17, 15) is 4.39 Å². The number of nitrogens with zero attached hydrogens (tertiary/aromatic N) is 1. The quantitative estimate of drug-likeness (QED) is 0.807. The maximum atomic E-state index is 13.3. The summed E-state index contributed by atoms with van der Waals surface area (Å²) in [6.07, 6.45) is 2.11. The van der Waals surface area contributed by atoms with Crippen molar-refractivity contribution in [2.75, 3.05) is 37.5 Å². The Hall–Kier alpha value is -0.740. The molecule has 2 nitrogen and oxygen atoms in total. The maximum Gasteiger partial charge on any atom is 0.146 e. The molecular weight excluding hydrogens is 235 g/mol. The van der Waals surface area contributed by atoms with Crippen molar-refractivity contribution in [1.82, 2.24) is 4.90 Å². The van der Waals surface area contributed by atoms with Crippen LogP contribution in [0.25, 0.3) is 0 Å². The Morgan fingerprint density at radius 2 is 2.12 bits per heavy atom. The third-order valence-corrected chi connectivity index (χ3v) is 3.63. The lowest BCUT2D eigenvalue weighted by molar-refractivity contribution is 0.288. The van der Waals surface area contributed by atoms with Crippen molar-refractivity contribution in [1.29, 1.82) is 0 Å². The average Bonchev–Trinajstić information content (AvgIpc) is 2.31. The van der Waals surface area contributed by atoms with Crippen LogP contribution in [0.2, 0.25) is 0 Å². The van der Waals surface area contributed by atoms with Crippen LogP contribution in [0, 0.1) is 5.82 Å². The van der Waals surface area contributed by atoms with Gasteiger partial charge in [-0.3, -0.25) is 0 Å². The lowest BCUT2D eigenvalue weighted by Gasteiger charge is -2.24. The van der Waals surface area contributed by atoms with Crippen molar-refractivity contribution in [3.63, 3.8) is 0 Å². The van der Waals surface area contributed by atoms with Crippen molar-refractivity contribution in [3.05, 3.63) is 30.1 Å². The molecule has 1 unspecified atom stereocenters. The molecule has 0 fully saturated rings. The molecule has 0 bridgehead atoms. The summed E-state index contributed by atoms with van der Waals surface area (Å²) in [7, 11) is 2.10. The Bertz CT molecular complexity index is 333. The van der Waals surface area contributed by atoms with Gasteiger partial charge in [0.15, 0.2) is 0 Å². The predicted octanol–water partition coefficient (Wildman–Crippen LogP) is 2.92. The van der Waals surface area contributed by atoms with Crippen molar-refractivity contribution >= 4 is 17.4 Å². The number of benzene rings is 1. The summed E-state index contributed by atoms with van der Waals surface area (Å²) < 4.78 is 13.3. The fourth-order valence-corrected chi connectivity index (χ4v) is 2.30. The van der Waals surface area contributed by atoms with E-state index in [0.29, 0.717) is 11.7 Å². The summed E-state index contributed by atoms with van der Waals surface area (Å²) in [5.41, 5.74) is 0.582. The van der Waals surface area contributed by atoms with E-state index in [2.05, 4.69) is 30.4 Å². The minimum absolute atomic E-state index is 0.188. The number of halogens is 1. The van der Waals surface area contributed by atoms with Gasteiger partial charge < -0.3 is 10.2 Å². The van der Waals surface area contributed by atoms with Crippen LogP contribution < -0.4 is 5.32 Å². The molecule has 17 heavy (non-hydrogen) atoms. The number of para-hydroxylation sites is 1. The molecule has 0 aromatic heterocycles. The van der Waals surface area contributed by atoms with E-state index >= 15 is 0 Å². The summed E-state index contributed by atoms with van der Waals surface area (Å²) in [6.45, 7) is 3.88. The molecule has 0 saturated heterocycles. The first-order valence-corrected chi connectivity index (χ1v) is 7.22. The molecule has 1 N–H and O–H groups in total. The van der Waals surface area contributed by atoms with Crippen LogP contribution >= 0.6 is 11.8 Å². The largest absolute Gasteiger partial charge is 0.381 e. The normalized spacial score (nSPS) is 12.8. The number of anilines is 1. The average molecular weight is 256 g/mol. The van der Waals surface area contributed by atoms with Crippen molar-refractivity contribution in [2.45, 2.75) is 13.0 Å². The number of thioether (sulfide) groups is 1. The monoisotopic (exact) mass is 256 g/mol. The van der Waals surface area contributed by atoms with Crippen molar-refractivity contribution in [3.8, 4) is 0 Å². The smallest absolute Gasteiger partial charge is 0.146 e. The van der Waals surface area contributed by atoms with Gasteiger partial charge in [-0.15, -0.1) is 0 Å². The number of hydrogen-bond donors (Lipinski definition) is 1. The molecule has 0 aliphatic heterocycles. The van der Waals surface area contributed by atoms with E-state index in [1.165, 1.54) is 6.07 Å². The first-order valence-electron chi connectivity index (χ1n) is 5.82. The molecule has 1 aromatic carbocycles. The topological polar surface area (TPSA) is 15.3 Å². The molecule has 1 atom stereocenters. The van der Waals surface area contributed by atoms with E-state index in [4.69, 9.17) is 0 Å². The number of hydrogen-bond acceptors (Lipinski definition) is 3. The highest BCUT2D eigenvalue weighted by Crippen LogP contribution is 2.11. The first-order chi connectivity index (χ1) is 8.15. The molecule has 0 heterocycles. The molecule has 0 amide bonds. The van der Waals surface area contributed by atoms with E-state index in [0.717, 1.165) is 18.8 Å². The molecular formula is C13H21FN2S. The van der Waals surface area contributed by atoms with Crippen LogP contribution in [0.1, 0.15) is 6.92 Å². The number of likely N-dealkylation sites (N-methyl/N-ethyl adjacent to an activating group) is 1. The van der Waals surface area contributed by atoms with E-state index in [-0.39, 0.29) is 5.82 Å². The minimum atomic E-state index is -0.188. The molecule has 0 aliphatic carbocycles. The molecule has 96 valence electrons. The summed E-state index contributed by atoms with van der Waals surface area (Å²) in [5, 5.41) is 3.12. The Labute approximate surface area is 108 Å². The maximum absolute atomic E-state index is 13.3. The highest BCUT2D eigenvalue weighted by Gasteiger charge is 2.07. The van der Waals surface area contributed by atoms with Gasteiger partial charge in [-0.25, -0.2) is 4.39 Å². The van der Waals surface area contributed by atoms with E-state index in [1.54, 1.807) is 12.1 Å². The Kier molecular flexibility index (Phi) is 6.37. The van der Waals surface area contributed by atoms with Gasteiger partial charge in [0, 0.05) is 24.9 Å². The summed E-state index contributed by atoms with van der Waals surface area (Å²) in [5.74, 6) is 0.934. The SMILES string of the molecule is CSCC(C)N(C)CCNc1ccccc1F. The van der Waals surface area contributed by atoms with Gasteiger partial charge in [0.2, 0.25) is 0 Å². The molecule has 1 aromatic rings. The van der Waals surface area contributed by atoms with Crippen LogP contribution in [0.15, 0.2) is 24.3 Å². The van der Waals surface area contributed by atoms with E-state index < -0.39 is 0 Å². The second-order valence-electron chi connectivity index (χ2n) is 4.19. The van der Waals surface area contributed by atoms with Gasteiger partial charge in [-0.1, -0.05) is 12.1 Å². The van der Waals surface area contributed by atoms with Crippen LogP contribution in [0.3, 0.4) is 0 Å². The van der Waals surface area contributed by atoms with Crippen LogP contribution in [-0.4, -0.2) is 43.1 Å². The second-order valence-corrected chi connectivity index (χ2v) is 5.10. The predicted molar refractivity (Wildman–Crippen MR) is 75.4 cm³/mol. The van der Waals surface area contributed by atoms with Gasteiger partial charge in [-0.05, 0) is 32.4 Å². The van der Waals surface area contributed by atoms with Gasteiger partial charge in [0.05, 0.1) is 5.69 Å². The van der Waals surface area contributed by atoms with Gasteiger partial charge in [0.25, 0.3) is 0 Å². The van der Waals surface area contributed by atoms with Gasteiger partial charge in [-0.2, -0.15) is 11.8 Å². The molecule has 0 aliphatic rings. The lowest BCUT2D eigenvalue weighted by atomic mass is 10.3. The third-order valence-electron chi connectivity index (χ3n) is 2.81. The van der Waals surface area contributed by atoms with Crippen LogP contribution in [0.4, 0.5) is 10.1 Å². The highest BCUT2D eigenvalue weighted by molar-refractivity contribution is 7.98. The van der Waals surface area contributed by atoms with E-state index in [1.807, 2.05) is 17.8 Å². The van der Waals surface area contributed by atoms with Gasteiger partial charge >= 0.3 is 0 Å². The Morgan fingerprint density at radius 3 is 2.76 bits per heavy atom. The molecule has 1 rings (SSSR count). The zero-order chi connectivity index (χ0) is 12.7. The van der Waals surface area contributed by atoms with Gasteiger partial charge in [0.1, 0.15) is 5.82 Å². The minimum Gasteiger partial charge on any atom is -0.381 e. The fourth-order valence-electron chi connectivity index (χ4n) is 1.56. The fraction of sp³-hybridized carbons (Fsp3) is 0.538. The zero-order valence-corrected chi connectivity index (χ0v) is 11.6. The first kappa shape index (κ1) is 14.3. The standard InChI is InChI=1S/C13H21FN2S/c1-11(10-17-3)16(2)9-8-15-13-7-5-4-6-12(13)14/h4-7,11,15H,8-10H2,1-3H3. The molecule has 4 heteroatoms. The molecule has 0 radical (unpaired) electrons.